The highest BCUT2D eigenvalue weighted by molar-refractivity contribution is 6.26. The number of esters is 2. The molecule has 0 spiro atoms. The number of ether oxygens (including phenoxy) is 2. The van der Waals surface area contributed by atoms with Gasteiger partial charge < -0.3 is 9.47 Å². The molecule has 0 heterocycles. The summed E-state index contributed by atoms with van der Waals surface area (Å²) in [5.74, 6) is -1.16. The summed E-state index contributed by atoms with van der Waals surface area (Å²) in [6.45, 7) is 2.22. The summed E-state index contributed by atoms with van der Waals surface area (Å²) in [5.41, 5.74) is 27.6. The summed E-state index contributed by atoms with van der Waals surface area (Å²) in [7, 11) is 0. The van der Waals surface area contributed by atoms with Crippen molar-refractivity contribution in [3.63, 3.8) is 0 Å². The van der Waals surface area contributed by atoms with Gasteiger partial charge in [0.1, 0.15) is 0 Å². The Morgan fingerprint density at radius 1 is 0.316 bits per heavy atom. The number of hydrazone groups is 2. The number of hydrogen-bond donors (Lipinski definition) is 0. The zero-order valence-corrected chi connectivity index (χ0v) is 54.5. The topological polar surface area (TPSA) is 83.8 Å². The Morgan fingerprint density at radius 3 is 0.980 bits per heavy atom. The normalized spacial score (nSPS) is 13.5. The van der Waals surface area contributed by atoms with Crippen LogP contribution in [0.25, 0.3) is 67.8 Å². The second-order valence-electron chi connectivity index (χ2n) is 25.4. The molecule has 0 unspecified atom stereocenters. The molecule has 0 aromatic heterocycles. The van der Waals surface area contributed by atoms with Crippen molar-refractivity contribution in [3.05, 3.63) is 358 Å². The van der Waals surface area contributed by atoms with Crippen molar-refractivity contribution >= 4 is 69.4 Å². The number of hydrogen-bond acceptors (Lipinski definition) is 8. The molecule has 16 rings (SSSR count). The fraction of sp³-hybridized carbons (Fsp3) is 0.111. The third-order valence-electron chi connectivity index (χ3n) is 19.2. The highest BCUT2D eigenvalue weighted by Gasteiger charge is 2.32. The van der Waals surface area contributed by atoms with E-state index in [0.29, 0.717) is 17.5 Å². The number of anilines is 4. The minimum atomic E-state index is -1.14. The van der Waals surface area contributed by atoms with Crippen LogP contribution in [0.4, 0.5) is 22.7 Å². The predicted octanol–water partition coefficient (Wildman–Crippen LogP) is 22.4. The smallest absolute Gasteiger partial charge is 0.341 e. The number of carbonyl (C=O) groups excluding carboxylic acids is 2. The molecule has 0 aliphatic heterocycles. The van der Waals surface area contributed by atoms with Gasteiger partial charge in [0.05, 0.1) is 45.3 Å². The van der Waals surface area contributed by atoms with E-state index in [2.05, 4.69) is 213 Å². The Morgan fingerprint density at radius 2 is 0.612 bits per heavy atom. The van der Waals surface area contributed by atoms with E-state index < -0.39 is 18.2 Å². The van der Waals surface area contributed by atoms with Crippen LogP contribution in [0.2, 0.25) is 0 Å². The second kappa shape index (κ2) is 27.0. The van der Waals surface area contributed by atoms with E-state index >= 15 is 0 Å². The molecule has 0 N–H and O–H groups in total. The fourth-order valence-corrected chi connectivity index (χ4v) is 14.4. The van der Waals surface area contributed by atoms with Crippen molar-refractivity contribution in [2.24, 2.45) is 10.2 Å². The molecule has 4 aliphatic carbocycles. The molecule has 98 heavy (non-hydrogen) atoms. The molecule has 0 fully saturated rings. The molecule has 4 aliphatic rings. The maximum absolute atomic E-state index is 14.7. The van der Waals surface area contributed by atoms with E-state index in [1.807, 2.05) is 94.9 Å². The lowest BCUT2D eigenvalue weighted by Crippen LogP contribution is -2.25. The highest BCUT2D eigenvalue weighted by atomic mass is 16.7. The van der Waals surface area contributed by atoms with E-state index in [9.17, 15) is 9.59 Å². The lowest BCUT2D eigenvalue weighted by molar-refractivity contribution is -0.0838. The summed E-state index contributed by atoms with van der Waals surface area (Å²) in [6.07, 6.45) is 11.1. The van der Waals surface area contributed by atoms with Crippen LogP contribution >= 0.6 is 0 Å². The Hall–Kier alpha value is -12.0. The first-order valence-electron chi connectivity index (χ1n) is 34.2. The molecule has 0 atom stereocenters. The molecule has 0 radical (unpaired) electrons. The molecular weight excluding hydrogens is 1200 g/mol. The Bertz CT molecular complexity index is 4750. The van der Waals surface area contributed by atoms with Crippen LogP contribution < -0.4 is 10.0 Å². The zero-order chi connectivity index (χ0) is 65.9. The summed E-state index contributed by atoms with van der Waals surface area (Å²) in [6, 6.07) is 99.6. The van der Waals surface area contributed by atoms with Crippen LogP contribution in [0.15, 0.2) is 301 Å². The predicted molar refractivity (Wildman–Crippen MR) is 400 cm³/mol. The van der Waals surface area contributed by atoms with Gasteiger partial charge in [0, 0.05) is 28.7 Å². The molecule has 8 nitrogen and oxygen atoms in total. The van der Waals surface area contributed by atoms with Crippen molar-refractivity contribution in [1.29, 1.82) is 0 Å². The molecule has 0 saturated heterocycles. The SMILES string of the molecule is CCCCCCCCCC(OC(=O)c1ccc2c(c1)-c1ccccc1C2=NN(c1ccccc1)c1ccc(C=C2c3ccccc3-c3ccccc32)cc1)OC(=O)c1ccc2c(c1)-c1ccccc1C2=NN(c1ccccc1)c1ccc(C=C2c3ccccc3-c3ccccc32)cc1. The van der Waals surface area contributed by atoms with Crippen LogP contribution in [0.5, 0.6) is 0 Å². The van der Waals surface area contributed by atoms with Crippen LogP contribution in [0, 0.1) is 0 Å². The van der Waals surface area contributed by atoms with Gasteiger partial charge in [-0.1, -0.05) is 264 Å². The lowest BCUT2D eigenvalue weighted by atomic mass is 10.0. The Labute approximate surface area is 572 Å². The number of rotatable bonds is 20. The number of para-hydroxylation sites is 2. The minimum Gasteiger partial charge on any atom is -0.422 e. The van der Waals surface area contributed by atoms with E-state index in [-0.39, 0.29) is 0 Å². The van der Waals surface area contributed by atoms with Crippen LogP contribution in [-0.4, -0.2) is 29.7 Å². The highest BCUT2D eigenvalue weighted by Crippen LogP contribution is 2.48. The van der Waals surface area contributed by atoms with Crippen molar-refractivity contribution < 1.29 is 19.1 Å². The number of fused-ring (bicyclic) bond motifs is 12. The van der Waals surface area contributed by atoms with Gasteiger partial charge in [-0.3, -0.25) is 0 Å². The molecule has 12 aromatic rings. The first-order valence-corrected chi connectivity index (χ1v) is 34.2. The average Bonchev–Trinajstić information content (AvgIpc) is 1.62. The van der Waals surface area contributed by atoms with Gasteiger partial charge in [0.25, 0.3) is 0 Å². The summed E-state index contributed by atoms with van der Waals surface area (Å²) in [5, 5.41) is 15.0. The van der Waals surface area contributed by atoms with E-state index in [1.165, 1.54) is 68.5 Å². The van der Waals surface area contributed by atoms with Gasteiger partial charge in [0.15, 0.2) is 0 Å². The van der Waals surface area contributed by atoms with Gasteiger partial charge >= 0.3 is 11.9 Å². The van der Waals surface area contributed by atoms with Gasteiger partial charge in [-0.2, -0.15) is 10.2 Å². The summed E-state index contributed by atoms with van der Waals surface area (Å²) < 4.78 is 12.6. The van der Waals surface area contributed by atoms with Crippen molar-refractivity contribution in [2.75, 3.05) is 10.0 Å². The monoisotopic (exact) mass is 1270 g/mol. The third-order valence-corrected chi connectivity index (χ3v) is 19.2. The Kier molecular flexibility index (Phi) is 16.8. The van der Waals surface area contributed by atoms with Crippen molar-refractivity contribution in [2.45, 2.75) is 64.6 Å². The van der Waals surface area contributed by atoms with Gasteiger partial charge in [-0.15, -0.1) is 0 Å². The molecular formula is C90H70N4O4. The molecule has 0 amide bonds. The molecule has 0 saturated carbocycles. The zero-order valence-electron chi connectivity index (χ0n) is 54.5. The largest absolute Gasteiger partial charge is 0.422 e. The molecule has 0 bridgehead atoms. The number of nitrogens with zero attached hydrogens (tertiary/aromatic N) is 4. The number of unbranched alkanes of at least 4 members (excludes halogenated alkanes) is 6. The third kappa shape index (κ3) is 11.8. The molecule has 12 aromatic carbocycles. The van der Waals surface area contributed by atoms with Crippen molar-refractivity contribution in [3.8, 4) is 44.5 Å². The van der Waals surface area contributed by atoms with E-state index in [1.54, 1.807) is 12.1 Å². The second-order valence-corrected chi connectivity index (χ2v) is 25.4. The quantitative estimate of drug-likeness (QED) is 0.0327. The van der Waals surface area contributed by atoms with E-state index in [0.717, 1.165) is 122 Å². The van der Waals surface area contributed by atoms with Crippen molar-refractivity contribution in [1.82, 2.24) is 0 Å². The van der Waals surface area contributed by atoms with Crippen LogP contribution in [-0.2, 0) is 9.47 Å². The number of benzene rings is 12. The maximum atomic E-state index is 14.7. The van der Waals surface area contributed by atoms with Crippen LogP contribution in [0.3, 0.4) is 0 Å². The van der Waals surface area contributed by atoms with Gasteiger partial charge in [0.2, 0.25) is 6.29 Å². The Balaban J connectivity index is 0.670. The van der Waals surface area contributed by atoms with Crippen LogP contribution in [0.1, 0.15) is 135 Å². The standard InChI is InChI=1S/C90H70N4O4/c1-2-3-4-5-6-7-14-43-86(97-89(95)62-48-54-80-84(58-62)76-39-23-25-41-78(76)87(80)91-93(64-27-10-8-11-28-64)66-50-44-60(45-51-66)56-82-72-35-19-15-31-68(72)69-32-16-20-36-73(69)82)98-90(96)63-49-55-81-85(59-63)77-40-24-26-42-79(77)88(81)92-94(65-29-12-9-13-30-65)67-52-46-61(47-53-67)57-83-74-37-21-17-33-70(74)71-34-18-22-38-75(71)83/h8-13,15-42,44-59,86H,2-7,14,43H2,1H3. The molecule has 474 valence electrons. The maximum Gasteiger partial charge on any atom is 0.341 e. The lowest BCUT2D eigenvalue weighted by Gasteiger charge is -2.21. The van der Waals surface area contributed by atoms with Gasteiger partial charge in [-0.05, 0) is 180 Å². The first kappa shape index (κ1) is 60.9. The first-order chi connectivity index (χ1) is 48.4. The van der Waals surface area contributed by atoms with Gasteiger partial charge in [-0.25, -0.2) is 19.6 Å². The summed E-state index contributed by atoms with van der Waals surface area (Å²) in [4.78, 5) is 29.4. The fourth-order valence-electron chi connectivity index (χ4n) is 14.4. The average molecular weight is 1270 g/mol. The summed E-state index contributed by atoms with van der Waals surface area (Å²) >= 11 is 0. The molecule has 8 heteroatoms. The minimum absolute atomic E-state index is 0.345. The van der Waals surface area contributed by atoms with E-state index in [4.69, 9.17) is 19.7 Å². The number of carbonyl (C=O) groups is 2.